The topological polar surface area (TPSA) is 68.0 Å². The van der Waals surface area contributed by atoms with Crippen LogP contribution in [0.15, 0.2) is 89.5 Å². The van der Waals surface area contributed by atoms with Gasteiger partial charge in [0, 0.05) is 23.4 Å². The summed E-state index contributed by atoms with van der Waals surface area (Å²) in [6, 6.07) is 26.7. The standard InChI is InChI=1S/C25H22ClN3O2/c26-21-13-7-12-20(17-21)24-28-25(31-29-24)22(16-19-10-5-2-6-11-19)27-23(30)15-14-18-8-3-1-4-9-18/h1-13,17,22H,14-16H2,(H,27,30). The Hall–Kier alpha value is -3.44. The Bertz CT molecular complexity index is 1130. The van der Waals surface area contributed by atoms with Gasteiger partial charge in [-0.3, -0.25) is 4.79 Å². The van der Waals surface area contributed by atoms with Crippen molar-refractivity contribution in [3.8, 4) is 11.4 Å². The van der Waals surface area contributed by atoms with E-state index in [0.717, 1.165) is 16.7 Å². The number of rotatable bonds is 8. The molecule has 1 atom stereocenters. The molecule has 3 aromatic carbocycles. The minimum Gasteiger partial charge on any atom is -0.344 e. The fourth-order valence-corrected chi connectivity index (χ4v) is 3.53. The molecular formula is C25H22ClN3O2. The van der Waals surface area contributed by atoms with Gasteiger partial charge >= 0.3 is 0 Å². The molecule has 156 valence electrons. The lowest BCUT2D eigenvalue weighted by Crippen LogP contribution is -2.30. The highest BCUT2D eigenvalue weighted by molar-refractivity contribution is 6.30. The number of aromatic nitrogens is 2. The average molecular weight is 432 g/mol. The molecule has 5 nitrogen and oxygen atoms in total. The third kappa shape index (κ3) is 5.80. The molecular weight excluding hydrogens is 410 g/mol. The number of nitrogens with one attached hydrogen (secondary N) is 1. The summed E-state index contributed by atoms with van der Waals surface area (Å²) in [7, 11) is 0. The summed E-state index contributed by atoms with van der Waals surface area (Å²) in [5, 5.41) is 7.76. The molecule has 1 aromatic heterocycles. The Kier molecular flexibility index (Phi) is 6.75. The predicted octanol–water partition coefficient (Wildman–Crippen LogP) is 5.42. The van der Waals surface area contributed by atoms with Crippen molar-refractivity contribution in [3.63, 3.8) is 0 Å². The summed E-state index contributed by atoms with van der Waals surface area (Å²) in [6.07, 6.45) is 1.60. The van der Waals surface area contributed by atoms with Gasteiger partial charge in [-0.25, -0.2) is 0 Å². The van der Waals surface area contributed by atoms with Crippen LogP contribution in [0.4, 0.5) is 0 Å². The van der Waals surface area contributed by atoms with Gasteiger partial charge in [-0.1, -0.05) is 89.6 Å². The van der Waals surface area contributed by atoms with Crippen molar-refractivity contribution in [2.75, 3.05) is 0 Å². The Morgan fingerprint density at radius 3 is 2.35 bits per heavy atom. The van der Waals surface area contributed by atoms with Crippen molar-refractivity contribution in [2.24, 2.45) is 0 Å². The maximum atomic E-state index is 12.7. The van der Waals surface area contributed by atoms with Gasteiger partial charge < -0.3 is 9.84 Å². The number of aryl methyl sites for hydroxylation is 1. The van der Waals surface area contributed by atoms with Crippen molar-refractivity contribution in [2.45, 2.75) is 25.3 Å². The van der Waals surface area contributed by atoms with Gasteiger partial charge in [0.25, 0.3) is 0 Å². The molecule has 0 bridgehead atoms. The Morgan fingerprint density at radius 2 is 1.65 bits per heavy atom. The molecule has 4 rings (SSSR count). The van der Waals surface area contributed by atoms with Crippen LogP contribution in [0.2, 0.25) is 5.02 Å². The predicted molar refractivity (Wildman–Crippen MR) is 121 cm³/mol. The van der Waals surface area contributed by atoms with Gasteiger partial charge in [0.2, 0.25) is 17.6 Å². The van der Waals surface area contributed by atoms with Gasteiger partial charge in [0.15, 0.2) is 0 Å². The molecule has 0 aliphatic carbocycles. The number of carbonyl (C=O) groups is 1. The third-order valence-electron chi connectivity index (χ3n) is 4.92. The van der Waals surface area contributed by atoms with Gasteiger partial charge in [0.1, 0.15) is 6.04 Å². The molecule has 6 heteroatoms. The van der Waals surface area contributed by atoms with Crippen LogP contribution in [0.3, 0.4) is 0 Å². The first kappa shape index (κ1) is 20.8. The first-order valence-electron chi connectivity index (χ1n) is 10.1. The fraction of sp³-hybridized carbons (Fsp3) is 0.160. The van der Waals surface area contributed by atoms with E-state index in [2.05, 4.69) is 15.5 Å². The highest BCUT2D eigenvalue weighted by Gasteiger charge is 2.22. The molecule has 0 saturated carbocycles. The summed E-state index contributed by atoms with van der Waals surface area (Å²) in [5.41, 5.74) is 2.95. The lowest BCUT2D eigenvalue weighted by molar-refractivity contribution is -0.122. The average Bonchev–Trinajstić information content (AvgIpc) is 3.29. The van der Waals surface area contributed by atoms with Crippen LogP contribution >= 0.6 is 11.6 Å². The smallest absolute Gasteiger partial charge is 0.249 e. The second-order valence-electron chi connectivity index (χ2n) is 7.26. The summed E-state index contributed by atoms with van der Waals surface area (Å²) >= 11 is 6.08. The number of hydrogen-bond acceptors (Lipinski definition) is 4. The van der Waals surface area contributed by atoms with Crippen LogP contribution in [-0.4, -0.2) is 16.0 Å². The maximum Gasteiger partial charge on any atom is 0.249 e. The van der Waals surface area contributed by atoms with Crippen LogP contribution in [0.5, 0.6) is 0 Å². The van der Waals surface area contributed by atoms with Crippen molar-refractivity contribution in [1.29, 1.82) is 0 Å². The van der Waals surface area contributed by atoms with Crippen LogP contribution < -0.4 is 5.32 Å². The Morgan fingerprint density at radius 1 is 0.935 bits per heavy atom. The number of carbonyl (C=O) groups excluding carboxylic acids is 1. The Labute approximate surface area is 186 Å². The molecule has 31 heavy (non-hydrogen) atoms. The van der Waals surface area contributed by atoms with Crippen molar-refractivity contribution >= 4 is 17.5 Å². The highest BCUT2D eigenvalue weighted by atomic mass is 35.5. The fourth-order valence-electron chi connectivity index (χ4n) is 3.34. The van der Waals surface area contributed by atoms with E-state index in [0.29, 0.717) is 36.0 Å². The number of nitrogens with zero attached hydrogens (tertiary/aromatic N) is 2. The van der Waals surface area contributed by atoms with E-state index in [1.165, 1.54) is 0 Å². The molecule has 0 aliphatic rings. The van der Waals surface area contributed by atoms with Gasteiger partial charge in [-0.2, -0.15) is 4.98 Å². The van der Waals surface area contributed by atoms with E-state index >= 15 is 0 Å². The molecule has 0 aliphatic heterocycles. The molecule has 0 saturated heterocycles. The summed E-state index contributed by atoms with van der Waals surface area (Å²) in [4.78, 5) is 17.2. The quantitative estimate of drug-likeness (QED) is 0.404. The van der Waals surface area contributed by atoms with Crippen LogP contribution in [-0.2, 0) is 17.6 Å². The van der Waals surface area contributed by atoms with Crippen molar-refractivity contribution in [1.82, 2.24) is 15.5 Å². The normalized spacial score (nSPS) is 11.8. The van der Waals surface area contributed by atoms with E-state index in [-0.39, 0.29) is 5.91 Å². The number of benzene rings is 3. The highest BCUT2D eigenvalue weighted by Crippen LogP contribution is 2.23. The van der Waals surface area contributed by atoms with Crippen LogP contribution in [0, 0.1) is 0 Å². The van der Waals surface area contributed by atoms with E-state index in [4.69, 9.17) is 16.1 Å². The number of halogens is 1. The van der Waals surface area contributed by atoms with Crippen LogP contribution in [0.1, 0.15) is 29.5 Å². The zero-order valence-electron chi connectivity index (χ0n) is 16.9. The van der Waals surface area contributed by atoms with Gasteiger partial charge in [-0.05, 0) is 29.7 Å². The lowest BCUT2D eigenvalue weighted by atomic mass is 10.0. The summed E-state index contributed by atoms with van der Waals surface area (Å²) < 4.78 is 5.54. The van der Waals surface area contributed by atoms with Crippen molar-refractivity contribution in [3.05, 3.63) is 107 Å². The number of amides is 1. The monoisotopic (exact) mass is 431 g/mol. The molecule has 1 unspecified atom stereocenters. The molecule has 0 fully saturated rings. The maximum absolute atomic E-state index is 12.7. The Balaban J connectivity index is 1.51. The number of hydrogen-bond donors (Lipinski definition) is 1. The molecule has 1 amide bonds. The van der Waals surface area contributed by atoms with Crippen LogP contribution in [0.25, 0.3) is 11.4 Å². The molecule has 1 N–H and O–H groups in total. The summed E-state index contributed by atoms with van der Waals surface area (Å²) in [5.74, 6) is 0.744. The second kappa shape index (κ2) is 10.0. The third-order valence-corrected chi connectivity index (χ3v) is 5.16. The summed E-state index contributed by atoms with van der Waals surface area (Å²) in [6.45, 7) is 0. The minimum absolute atomic E-state index is 0.0627. The second-order valence-corrected chi connectivity index (χ2v) is 7.70. The molecule has 4 aromatic rings. The van der Waals surface area contributed by atoms with E-state index < -0.39 is 6.04 Å². The largest absolute Gasteiger partial charge is 0.344 e. The first-order chi connectivity index (χ1) is 15.2. The van der Waals surface area contributed by atoms with E-state index in [9.17, 15) is 4.79 Å². The van der Waals surface area contributed by atoms with Crippen molar-refractivity contribution < 1.29 is 9.32 Å². The molecule has 0 spiro atoms. The zero-order chi connectivity index (χ0) is 21.5. The SMILES string of the molecule is O=C(CCc1ccccc1)NC(Cc1ccccc1)c1nc(-c2cccc(Cl)c2)no1. The van der Waals surface area contributed by atoms with E-state index in [1.54, 1.807) is 12.1 Å². The van der Waals surface area contributed by atoms with Gasteiger partial charge in [0.05, 0.1) is 0 Å². The first-order valence-corrected chi connectivity index (χ1v) is 10.5. The lowest BCUT2D eigenvalue weighted by Gasteiger charge is -2.15. The van der Waals surface area contributed by atoms with Gasteiger partial charge in [-0.15, -0.1) is 0 Å². The molecule has 1 heterocycles. The van der Waals surface area contributed by atoms with E-state index in [1.807, 2.05) is 72.8 Å². The zero-order valence-corrected chi connectivity index (χ0v) is 17.6. The molecule has 0 radical (unpaired) electrons. The minimum atomic E-state index is -0.425.